The largest absolute Gasteiger partial charge is 0.397 e. The zero-order chi connectivity index (χ0) is 7.56. The number of nitrogens with two attached hydrogens (primary N) is 1. The molecule has 2 N–H and O–H groups in total. The van der Waals surface area contributed by atoms with Crippen molar-refractivity contribution < 1.29 is 4.79 Å². The van der Waals surface area contributed by atoms with Gasteiger partial charge in [0.1, 0.15) is 0 Å². The Kier molecular flexibility index (Phi) is 2.06. The summed E-state index contributed by atoms with van der Waals surface area (Å²) >= 11 is 1.41. The first-order valence-electron chi connectivity index (χ1n) is 3.10. The highest BCUT2D eigenvalue weighted by Gasteiger charge is 2.04. The lowest BCUT2D eigenvalue weighted by Gasteiger charge is -1.91. The molecule has 2 nitrogen and oxygen atoms in total. The molecular formula is C7H9NOS. The molecule has 1 aromatic rings. The quantitative estimate of drug-likeness (QED) is 0.660. The zero-order valence-electron chi connectivity index (χ0n) is 5.76. The maximum atomic E-state index is 10.3. The van der Waals surface area contributed by atoms with Gasteiger partial charge in [-0.05, 0) is 17.4 Å². The molecule has 1 rings (SSSR count). The molecule has 0 saturated carbocycles. The molecule has 0 aromatic carbocycles. The molecule has 3 heteroatoms. The van der Waals surface area contributed by atoms with Crippen LogP contribution < -0.4 is 5.73 Å². The summed E-state index contributed by atoms with van der Waals surface area (Å²) in [5.41, 5.74) is 7.33. The molecule has 1 heterocycles. The number of hydrogen-bond donors (Lipinski definition) is 1. The Morgan fingerprint density at radius 1 is 1.80 bits per heavy atom. The number of rotatable bonds is 2. The summed E-state index contributed by atoms with van der Waals surface area (Å²) in [4.78, 5) is 10.9. The van der Waals surface area contributed by atoms with Crippen LogP contribution in [-0.4, -0.2) is 6.29 Å². The molecule has 0 fully saturated rings. The van der Waals surface area contributed by atoms with Crippen LogP contribution in [0.5, 0.6) is 0 Å². The third kappa shape index (κ3) is 1.04. The van der Waals surface area contributed by atoms with Crippen LogP contribution in [0.1, 0.15) is 22.2 Å². The average molecular weight is 155 g/mol. The van der Waals surface area contributed by atoms with Crippen LogP contribution in [0.4, 0.5) is 5.69 Å². The molecule has 1 aromatic heterocycles. The van der Waals surface area contributed by atoms with E-state index in [1.165, 1.54) is 11.3 Å². The molecule has 0 amide bonds. The van der Waals surface area contributed by atoms with Crippen molar-refractivity contribution in [3.63, 3.8) is 0 Å². The summed E-state index contributed by atoms with van der Waals surface area (Å²) in [7, 11) is 0. The van der Waals surface area contributed by atoms with Crippen molar-refractivity contribution in [2.24, 2.45) is 0 Å². The molecule has 0 saturated heterocycles. The van der Waals surface area contributed by atoms with Crippen molar-refractivity contribution in [3.05, 3.63) is 15.8 Å². The fourth-order valence-electron chi connectivity index (χ4n) is 0.785. The predicted octanol–water partition coefficient (Wildman–Crippen LogP) is 1.71. The van der Waals surface area contributed by atoms with Gasteiger partial charge < -0.3 is 5.73 Å². The third-order valence-electron chi connectivity index (χ3n) is 1.43. The van der Waals surface area contributed by atoms with E-state index in [0.29, 0.717) is 10.6 Å². The van der Waals surface area contributed by atoms with Gasteiger partial charge in [-0.15, -0.1) is 11.3 Å². The maximum absolute atomic E-state index is 10.3. The van der Waals surface area contributed by atoms with Gasteiger partial charge in [0.15, 0.2) is 6.29 Å². The molecule has 0 bridgehead atoms. The first-order valence-corrected chi connectivity index (χ1v) is 3.98. The van der Waals surface area contributed by atoms with E-state index in [2.05, 4.69) is 0 Å². The maximum Gasteiger partial charge on any atom is 0.162 e. The van der Waals surface area contributed by atoms with Gasteiger partial charge in [-0.2, -0.15) is 0 Å². The van der Waals surface area contributed by atoms with Crippen molar-refractivity contribution >= 4 is 23.3 Å². The second-order valence-corrected chi connectivity index (χ2v) is 2.92. The van der Waals surface area contributed by atoms with Gasteiger partial charge in [0.05, 0.1) is 10.6 Å². The van der Waals surface area contributed by atoms with Crippen molar-refractivity contribution in [2.75, 3.05) is 5.73 Å². The molecule has 0 aliphatic rings. The van der Waals surface area contributed by atoms with Crippen LogP contribution in [0.2, 0.25) is 0 Å². The number of aryl methyl sites for hydroxylation is 1. The minimum absolute atomic E-state index is 0.650. The number of carbonyl (C=O) groups is 1. The van der Waals surface area contributed by atoms with Gasteiger partial charge in [-0.25, -0.2) is 0 Å². The molecule has 10 heavy (non-hydrogen) atoms. The highest BCUT2D eigenvalue weighted by molar-refractivity contribution is 7.12. The molecule has 0 unspecified atom stereocenters. The number of aldehydes is 1. The summed E-state index contributed by atoms with van der Waals surface area (Å²) in [5.74, 6) is 0. The van der Waals surface area contributed by atoms with Crippen molar-refractivity contribution in [1.29, 1.82) is 0 Å². The highest BCUT2D eigenvalue weighted by Crippen LogP contribution is 2.23. The van der Waals surface area contributed by atoms with E-state index in [4.69, 9.17) is 5.73 Å². The van der Waals surface area contributed by atoms with Crippen LogP contribution in [-0.2, 0) is 6.42 Å². The molecule has 54 valence electrons. The average Bonchev–Trinajstić information content (AvgIpc) is 2.30. The van der Waals surface area contributed by atoms with Gasteiger partial charge in [-0.3, -0.25) is 4.79 Å². The molecular weight excluding hydrogens is 146 g/mol. The second kappa shape index (κ2) is 2.84. The Morgan fingerprint density at radius 3 is 2.80 bits per heavy atom. The molecule has 0 atom stereocenters. The fourth-order valence-corrected chi connectivity index (χ4v) is 1.66. The van der Waals surface area contributed by atoms with Crippen molar-refractivity contribution in [1.82, 2.24) is 0 Å². The molecule has 0 aliphatic heterocycles. The van der Waals surface area contributed by atoms with E-state index >= 15 is 0 Å². The number of hydrogen-bond acceptors (Lipinski definition) is 3. The highest BCUT2D eigenvalue weighted by atomic mass is 32.1. The Balaban J connectivity index is 3.08. The van der Waals surface area contributed by atoms with Crippen LogP contribution in [0.3, 0.4) is 0 Å². The fraction of sp³-hybridized carbons (Fsp3) is 0.286. The SMILES string of the molecule is CCc1csc(C=O)c1N. The van der Waals surface area contributed by atoms with Gasteiger partial charge >= 0.3 is 0 Å². The standard InChI is InChI=1S/C7H9NOS/c1-2-5-4-10-6(3-9)7(5)8/h3-4H,2,8H2,1H3. The minimum atomic E-state index is 0.650. The summed E-state index contributed by atoms with van der Waals surface area (Å²) < 4.78 is 0. The van der Waals surface area contributed by atoms with E-state index in [0.717, 1.165) is 18.3 Å². The van der Waals surface area contributed by atoms with Gasteiger partial charge in [-0.1, -0.05) is 6.92 Å². The van der Waals surface area contributed by atoms with Crippen molar-refractivity contribution in [2.45, 2.75) is 13.3 Å². The predicted molar refractivity (Wildman–Crippen MR) is 43.5 cm³/mol. The first kappa shape index (κ1) is 7.28. The van der Waals surface area contributed by atoms with E-state index in [1.807, 2.05) is 12.3 Å². The lowest BCUT2D eigenvalue weighted by Crippen LogP contribution is -1.90. The van der Waals surface area contributed by atoms with Crippen LogP contribution >= 0.6 is 11.3 Å². The van der Waals surface area contributed by atoms with Gasteiger partial charge in [0.25, 0.3) is 0 Å². The van der Waals surface area contributed by atoms with E-state index in [9.17, 15) is 4.79 Å². The molecule has 0 spiro atoms. The van der Waals surface area contributed by atoms with Crippen LogP contribution in [0.25, 0.3) is 0 Å². The summed E-state index contributed by atoms with van der Waals surface area (Å²) in [6.07, 6.45) is 1.70. The Hall–Kier alpha value is -0.830. The summed E-state index contributed by atoms with van der Waals surface area (Å²) in [6, 6.07) is 0. The molecule has 0 aliphatic carbocycles. The monoisotopic (exact) mass is 155 g/mol. The van der Waals surface area contributed by atoms with Crippen LogP contribution in [0, 0.1) is 0 Å². The lowest BCUT2D eigenvalue weighted by atomic mass is 10.2. The Morgan fingerprint density at radius 2 is 2.50 bits per heavy atom. The number of carbonyl (C=O) groups excluding carboxylic acids is 1. The smallest absolute Gasteiger partial charge is 0.162 e. The first-order chi connectivity index (χ1) is 4.79. The van der Waals surface area contributed by atoms with E-state index in [1.54, 1.807) is 0 Å². The topological polar surface area (TPSA) is 43.1 Å². The zero-order valence-corrected chi connectivity index (χ0v) is 6.57. The van der Waals surface area contributed by atoms with Crippen molar-refractivity contribution in [3.8, 4) is 0 Å². The van der Waals surface area contributed by atoms with Gasteiger partial charge in [0.2, 0.25) is 0 Å². The second-order valence-electron chi connectivity index (χ2n) is 2.01. The normalized spacial score (nSPS) is 9.70. The number of nitrogen functional groups attached to an aromatic ring is 1. The third-order valence-corrected chi connectivity index (χ3v) is 2.40. The van der Waals surface area contributed by atoms with Crippen LogP contribution in [0.15, 0.2) is 5.38 Å². The Bertz CT molecular complexity index is 242. The summed E-state index contributed by atoms with van der Waals surface area (Å²) in [6.45, 7) is 2.02. The van der Waals surface area contributed by atoms with E-state index in [-0.39, 0.29) is 0 Å². The van der Waals surface area contributed by atoms with Gasteiger partial charge in [0, 0.05) is 0 Å². The number of anilines is 1. The Labute approximate surface area is 63.7 Å². The number of thiophene rings is 1. The summed E-state index contributed by atoms with van der Waals surface area (Å²) in [5, 5.41) is 1.93. The minimum Gasteiger partial charge on any atom is -0.397 e. The van der Waals surface area contributed by atoms with E-state index < -0.39 is 0 Å². The lowest BCUT2D eigenvalue weighted by molar-refractivity contribution is 0.112. The molecule has 0 radical (unpaired) electrons.